The second kappa shape index (κ2) is 6.70. The Bertz CT molecular complexity index is 632. The molecule has 2 rings (SSSR count). The Balaban J connectivity index is 2.03. The molecule has 0 spiro atoms. The summed E-state index contributed by atoms with van der Waals surface area (Å²) in [5, 5.41) is 3.61. The molecule has 0 saturated heterocycles. The third kappa shape index (κ3) is 3.93. The van der Waals surface area contributed by atoms with Crippen LogP contribution in [0, 0.1) is 0 Å². The topological polar surface area (TPSA) is 68.0 Å². The molecule has 0 fully saturated rings. The summed E-state index contributed by atoms with van der Waals surface area (Å²) in [7, 11) is 0. The van der Waals surface area contributed by atoms with Gasteiger partial charge in [0.05, 0.1) is 16.5 Å². The van der Waals surface area contributed by atoms with Gasteiger partial charge < -0.3 is 11.1 Å². The average molecular weight is 310 g/mol. The summed E-state index contributed by atoms with van der Waals surface area (Å²) in [6, 6.07) is 8.64. The number of rotatable bonds is 4. The van der Waals surface area contributed by atoms with Crippen LogP contribution in [-0.4, -0.2) is 10.9 Å². The number of anilines is 1. The molecule has 0 saturated carbocycles. The van der Waals surface area contributed by atoms with Crippen LogP contribution < -0.4 is 11.1 Å². The summed E-state index contributed by atoms with van der Waals surface area (Å²) in [6.45, 7) is 0.401. The van der Waals surface area contributed by atoms with Gasteiger partial charge in [0, 0.05) is 12.7 Å². The highest BCUT2D eigenvalue weighted by Gasteiger charge is 2.07. The molecule has 4 nitrogen and oxygen atoms in total. The fraction of sp³-hybridized carbons (Fsp3) is 0.143. The van der Waals surface area contributed by atoms with Gasteiger partial charge in [-0.2, -0.15) is 0 Å². The molecule has 6 heteroatoms. The fourth-order valence-electron chi connectivity index (χ4n) is 1.69. The molecule has 20 heavy (non-hydrogen) atoms. The quantitative estimate of drug-likeness (QED) is 0.912. The van der Waals surface area contributed by atoms with E-state index in [0.717, 1.165) is 11.1 Å². The van der Waals surface area contributed by atoms with Crippen LogP contribution in [0.2, 0.25) is 10.0 Å². The van der Waals surface area contributed by atoms with Crippen LogP contribution in [0.1, 0.15) is 11.1 Å². The summed E-state index contributed by atoms with van der Waals surface area (Å²) in [5.41, 5.74) is 7.23. The van der Waals surface area contributed by atoms with Crippen LogP contribution in [0.5, 0.6) is 0 Å². The van der Waals surface area contributed by atoms with Crippen molar-refractivity contribution in [3.05, 3.63) is 57.7 Å². The van der Waals surface area contributed by atoms with Gasteiger partial charge in [-0.1, -0.05) is 29.3 Å². The van der Waals surface area contributed by atoms with Crippen molar-refractivity contribution in [1.82, 2.24) is 4.98 Å². The fourth-order valence-corrected chi connectivity index (χ4v) is 2.01. The maximum absolute atomic E-state index is 11.9. The highest BCUT2D eigenvalue weighted by atomic mass is 35.5. The molecule has 0 aliphatic rings. The number of hydrogen-bond donors (Lipinski definition) is 2. The van der Waals surface area contributed by atoms with E-state index in [-0.39, 0.29) is 12.3 Å². The molecule has 1 aromatic carbocycles. The van der Waals surface area contributed by atoms with Gasteiger partial charge in [-0.25, -0.2) is 4.98 Å². The number of pyridine rings is 1. The number of hydrogen-bond acceptors (Lipinski definition) is 3. The third-order valence-electron chi connectivity index (χ3n) is 2.68. The molecule has 0 atom stereocenters. The number of nitrogens with zero attached hydrogens (tertiary/aromatic N) is 1. The molecule has 1 amide bonds. The zero-order valence-corrected chi connectivity index (χ0v) is 12.1. The molecule has 0 radical (unpaired) electrons. The first-order valence-corrected chi connectivity index (χ1v) is 6.73. The SMILES string of the molecule is NCc1ccnc(NC(=O)Cc2ccc(Cl)c(Cl)c2)c1. The predicted octanol–water partition coefficient (Wildman–Crippen LogP) is 3.03. The number of nitrogens with one attached hydrogen (secondary N) is 1. The number of halogens is 2. The largest absolute Gasteiger partial charge is 0.326 e. The predicted molar refractivity (Wildman–Crippen MR) is 80.9 cm³/mol. The first-order valence-electron chi connectivity index (χ1n) is 5.97. The lowest BCUT2D eigenvalue weighted by molar-refractivity contribution is -0.115. The monoisotopic (exact) mass is 309 g/mol. The molecule has 2 aromatic rings. The van der Waals surface area contributed by atoms with E-state index in [2.05, 4.69) is 10.3 Å². The highest BCUT2D eigenvalue weighted by molar-refractivity contribution is 6.42. The molecular weight excluding hydrogens is 297 g/mol. The minimum Gasteiger partial charge on any atom is -0.326 e. The van der Waals surface area contributed by atoms with Gasteiger partial charge in [-0.15, -0.1) is 0 Å². The summed E-state index contributed by atoms with van der Waals surface area (Å²) >= 11 is 11.7. The van der Waals surface area contributed by atoms with Crippen molar-refractivity contribution in [3.8, 4) is 0 Å². The summed E-state index contributed by atoms with van der Waals surface area (Å²) in [4.78, 5) is 16.0. The van der Waals surface area contributed by atoms with Crippen LogP contribution in [0.25, 0.3) is 0 Å². The minimum atomic E-state index is -0.176. The lowest BCUT2D eigenvalue weighted by Crippen LogP contribution is -2.15. The molecule has 0 aliphatic heterocycles. The first-order chi connectivity index (χ1) is 9.58. The smallest absolute Gasteiger partial charge is 0.229 e. The Morgan fingerprint density at radius 3 is 2.65 bits per heavy atom. The van der Waals surface area contributed by atoms with E-state index in [9.17, 15) is 4.79 Å². The van der Waals surface area contributed by atoms with Gasteiger partial charge in [-0.3, -0.25) is 4.79 Å². The van der Waals surface area contributed by atoms with Gasteiger partial charge in [0.2, 0.25) is 5.91 Å². The standard InChI is InChI=1S/C14H13Cl2N3O/c15-11-2-1-9(5-12(11)16)7-14(20)19-13-6-10(8-17)3-4-18-13/h1-6H,7-8,17H2,(H,18,19,20). The minimum absolute atomic E-state index is 0.176. The summed E-state index contributed by atoms with van der Waals surface area (Å²) in [6.07, 6.45) is 1.81. The van der Waals surface area contributed by atoms with Crippen molar-refractivity contribution in [3.63, 3.8) is 0 Å². The van der Waals surface area contributed by atoms with E-state index in [1.807, 2.05) is 0 Å². The number of benzene rings is 1. The number of aromatic nitrogens is 1. The third-order valence-corrected chi connectivity index (χ3v) is 3.42. The second-order valence-electron chi connectivity index (χ2n) is 4.23. The van der Waals surface area contributed by atoms with Gasteiger partial charge >= 0.3 is 0 Å². The zero-order chi connectivity index (χ0) is 14.5. The van der Waals surface area contributed by atoms with Crippen molar-refractivity contribution in [2.75, 3.05) is 5.32 Å². The maximum Gasteiger partial charge on any atom is 0.229 e. The van der Waals surface area contributed by atoms with E-state index in [4.69, 9.17) is 28.9 Å². The Kier molecular flexibility index (Phi) is 4.95. The molecular formula is C14H13Cl2N3O. The Hall–Kier alpha value is -1.62. The van der Waals surface area contributed by atoms with Gasteiger partial charge in [0.1, 0.15) is 5.82 Å². The molecule has 0 unspecified atom stereocenters. The van der Waals surface area contributed by atoms with Crippen LogP contribution in [0.15, 0.2) is 36.5 Å². The van der Waals surface area contributed by atoms with Crippen LogP contribution in [0.4, 0.5) is 5.82 Å². The van der Waals surface area contributed by atoms with E-state index in [1.165, 1.54) is 0 Å². The Labute approximate surface area is 126 Å². The van der Waals surface area contributed by atoms with Gasteiger partial charge in [0.25, 0.3) is 0 Å². The van der Waals surface area contributed by atoms with E-state index >= 15 is 0 Å². The van der Waals surface area contributed by atoms with Crippen molar-refractivity contribution >= 4 is 34.9 Å². The van der Waals surface area contributed by atoms with Crippen molar-refractivity contribution < 1.29 is 4.79 Å². The van der Waals surface area contributed by atoms with E-state index in [0.29, 0.717) is 22.4 Å². The molecule has 1 aromatic heterocycles. The van der Waals surface area contributed by atoms with Gasteiger partial charge in [0.15, 0.2) is 0 Å². The molecule has 0 bridgehead atoms. The maximum atomic E-state index is 11.9. The Morgan fingerprint density at radius 2 is 1.95 bits per heavy atom. The van der Waals surface area contributed by atoms with E-state index < -0.39 is 0 Å². The normalized spacial score (nSPS) is 10.3. The lowest BCUT2D eigenvalue weighted by Gasteiger charge is -2.06. The van der Waals surface area contributed by atoms with Crippen LogP contribution in [-0.2, 0) is 17.8 Å². The molecule has 3 N–H and O–H groups in total. The zero-order valence-electron chi connectivity index (χ0n) is 10.6. The number of amides is 1. The molecule has 1 heterocycles. The Morgan fingerprint density at radius 1 is 1.15 bits per heavy atom. The van der Waals surface area contributed by atoms with Crippen molar-refractivity contribution in [2.45, 2.75) is 13.0 Å². The van der Waals surface area contributed by atoms with Gasteiger partial charge in [-0.05, 0) is 35.4 Å². The highest BCUT2D eigenvalue weighted by Crippen LogP contribution is 2.22. The number of carbonyl (C=O) groups is 1. The van der Waals surface area contributed by atoms with E-state index in [1.54, 1.807) is 36.5 Å². The number of carbonyl (C=O) groups excluding carboxylic acids is 1. The van der Waals surface area contributed by atoms with Crippen LogP contribution >= 0.6 is 23.2 Å². The molecule has 104 valence electrons. The lowest BCUT2D eigenvalue weighted by atomic mass is 10.1. The summed E-state index contributed by atoms with van der Waals surface area (Å²) in [5.74, 6) is 0.308. The van der Waals surface area contributed by atoms with Crippen molar-refractivity contribution in [2.24, 2.45) is 5.73 Å². The van der Waals surface area contributed by atoms with Crippen molar-refractivity contribution in [1.29, 1.82) is 0 Å². The summed E-state index contributed by atoms with van der Waals surface area (Å²) < 4.78 is 0. The average Bonchev–Trinajstić information content (AvgIpc) is 2.43. The number of nitrogens with two attached hydrogens (primary N) is 1. The first kappa shape index (κ1) is 14.8. The second-order valence-corrected chi connectivity index (χ2v) is 5.04. The van der Waals surface area contributed by atoms with Crippen LogP contribution in [0.3, 0.4) is 0 Å². The molecule has 0 aliphatic carbocycles.